The maximum Gasteiger partial charge on any atom is 0.230 e. The maximum absolute atomic E-state index is 11.7. The van der Waals surface area contributed by atoms with E-state index in [1.165, 1.54) is 20.8 Å². The predicted molar refractivity (Wildman–Crippen MR) is 70.1 cm³/mol. The third kappa shape index (κ3) is 2.14. The molecule has 19 heavy (non-hydrogen) atoms. The molecule has 0 spiro atoms. The Morgan fingerprint density at radius 3 is 2.11 bits per heavy atom. The van der Waals surface area contributed by atoms with Gasteiger partial charge in [0.25, 0.3) is 0 Å². The Morgan fingerprint density at radius 1 is 1.00 bits per heavy atom. The summed E-state index contributed by atoms with van der Waals surface area (Å²) in [6, 6.07) is 6.90. The number of carbonyl (C=O) groups is 3. The molecule has 0 N–H and O–H groups in total. The molecule has 0 bridgehead atoms. The second-order valence-corrected chi connectivity index (χ2v) is 4.21. The quantitative estimate of drug-likeness (QED) is 0.777. The predicted octanol–water partition coefficient (Wildman–Crippen LogP) is 2.53. The number of nitrogens with zero attached hydrogens (tertiary/aromatic N) is 1. The van der Waals surface area contributed by atoms with Gasteiger partial charge in [-0.1, -0.05) is 12.1 Å². The van der Waals surface area contributed by atoms with Crippen LogP contribution in [0.3, 0.4) is 0 Å². The van der Waals surface area contributed by atoms with E-state index in [2.05, 4.69) is 0 Å². The largest absolute Gasteiger partial charge is 0.451 e. The van der Waals surface area contributed by atoms with Gasteiger partial charge in [-0.15, -0.1) is 0 Å². The third-order valence-electron chi connectivity index (χ3n) is 2.74. The monoisotopic (exact) mass is 259 g/mol. The Morgan fingerprint density at radius 2 is 1.58 bits per heavy atom. The maximum atomic E-state index is 11.7. The van der Waals surface area contributed by atoms with Crippen LogP contribution in [0.25, 0.3) is 11.0 Å². The van der Waals surface area contributed by atoms with Gasteiger partial charge in [0.1, 0.15) is 11.3 Å². The highest BCUT2D eigenvalue weighted by Crippen LogP contribution is 2.34. The molecule has 0 fully saturated rings. The van der Waals surface area contributed by atoms with Crippen LogP contribution >= 0.6 is 0 Å². The lowest BCUT2D eigenvalue weighted by molar-refractivity contribution is -0.124. The van der Waals surface area contributed by atoms with Crippen molar-refractivity contribution in [2.24, 2.45) is 0 Å². The number of Topliss-reactive ketones (excluding diaryl/α,β-unsaturated/α-hetero) is 1. The first-order chi connectivity index (χ1) is 8.93. The summed E-state index contributed by atoms with van der Waals surface area (Å²) in [7, 11) is 0. The minimum Gasteiger partial charge on any atom is -0.451 e. The van der Waals surface area contributed by atoms with E-state index >= 15 is 0 Å². The molecule has 0 aliphatic rings. The molecule has 0 unspecified atom stereocenters. The fourth-order valence-electron chi connectivity index (χ4n) is 2.03. The number of anilines is 1. The van der Waals surface area contributed by atoms with Gasteiger partial charge in [0.05, 0.1) is 0 Å². The molecule has 5 heteroatoms. The lowest BCUT2D eigenvalue weighted by atomic mass is 10.1. The Labute approximate surface area is 109 Å². The van der Waals surface area contributed by atoms with Gasteiger partial charge in [-0.05, 0) is 12.1 Å². The first-order valence-corrected chi connectivity index (χ1v) is 5.77. The third-order valence-corrected chi connectivity index (χ3v) is 2.74. The van der Waals surface area contributed by atoms with E-state index in [0.29, 0.717) is 11.0 Å². The minimum absolute atomic E-state index is 0.0200. The molecule has 2 aromatic rings. The molecule has 0 aliphatic carbocycles. The van der Waals surface area contributed by atoms with E-state index in [9.17, 15) is 14.4 Å². The summed E-state index contributed by atoms with van der Waals surface area (Å²) >= 11 is 0. The second-order valence-electron chi connectivity index (χ2n) is 4.21. The number of hydrogen-bond donors (Lipinski definition) is 0. The van der Waals surface area contributed by atoms with Crippen molar-refractivity contribution >= 4 is 34.3 Å². The molecule has 0 saturated heterocycles. The topological polar surface area (TPSA) is 67.6 Å². The lowest BCUT2D eigenvalue weighted by Crippen LogP contribution is -2.33. The highest BCUT2D eigenvalue weighted by Gasteiger charge is 2.27. The Kier molecular flexibility index (Phi) is 3.21. The van der Waals surface area contributed by atoms with Crippen molar-refractivity contribution in [1.82, 2.24) is 0 Å². The number of furan rings is 1. The number of fused-ring (bicyclic) bond motifs is 1. The highest BCUT2D eigenvalue weighted by molar-refractivity contribution is 6.21. The standard InChI is InChI=1S/C14H13NO4/c1-8(16)14-13(15(9(2)17)10(3)18)11-6-4-5-7-12(11)19-14/h4-7H,1-3H3. The van der Waals surface area contributed by atoms with Crippen molar-refractivity contribution in [1.29, 1.82) is 0 Å². The summed E-state index contributed by atoms with van der Waals surface area (Å²) in [6.07, 6.45) is 0. The van der Waals surface area contributed by atoms with E-state index in [1.54, 1.807) is 24.3 Å². The Hall–Kier alpha value is -2.43. The van der Waals surface area contributed by atoms with Crippen molar-refractivity contribution < 1.29 is 18.8 Å². The van der Waals surface area contributed by atoms with E-state index in [-0.39, 0.29) is 17.2 Å². The second kappa shape index (κ2) is 4.68. The number of amides is 2. The van der Waals surface area contributed by atoms with Crippen molar-refractivity contribution in [3.63, 3.8) is 0 Å². The van der Waals surface area contributed by atoms with Gasteiger partial charge in [-0.2, -0.15) is 0 Å². The SMILES string of the molecule is CC(=O)c1oc2ccccc2c1N(C(C)=O)C(C)=O. The average Bonchev–Trinajstić information content (AvgIpc) is 2.68. The van der Waals surface area contributed by atoms with Crippen LogP contribution in [0.15, 0.2) is 28.7 Å². The minimum atomic E-state index is -0.457. The zero-order chi connectivity index (χ0) is 14.2. The molecule has 0 atom stereocenters. The van der Waals surface area contributed by atoms with Gasteiger partial charge in [0.15, 0.2) is 11.5 Å². The number of rotatable bonds is 2. The Balaban J connectivity index is 2.82. The molecule has 5 nitrogen and oxygen atoms in total. The molecule has 98 valence electrons. The van der Waals surface area contributed by atoms with Gasteiger partial charge in [-0.3, -0.25) is 14.4 Å². The van der Waals surface area contributed by atoms with Gasteiger partial charge in [0.2, 0.25) is 11.8 Å². The molecule has 2 rings (SSSR count). The zero-order valence-electron chi connectivity index (χ0n) is 10.9. The number of para-hydroxylation sites is 1. The molecular weight excluding hydrogens is 246 g/mol. The summed E-state index contributed by atoms with van der Waals surface area (Å²) in [6.45, 7) is 3.87. The van der Waals surface area contributed by atoms with Gasteiger partial charge in [-0.25, -0.2) is 4.90 Å². The number of imide groups is 1. The summed E-state index contributed by atoms with van der Waals surface area (Å²) in [4.78, 5) is 35.9. The van der Waals surface area contributed by atoms with E-state index in [0.717, 1.165) is 4.90 Å². The van der Waals surface area contributed by atoms with Gasteiger partial charge in [0, 0.05) is 26.2 Å². The van der Waals surface area contributed by atoms with Crippen molar-refractivity contribution in [2.45, 2.75) is 20.8 Å². The van der Waals surface area contributed by atoms with Crippen molar-refractivity contribution in [3.05, 3.63) is 30.0 Å². The molecule has 1 aromatic carbocycles. The molecule has 1 heterocycles. The van der Waals surface area contributed by atoms with Crippen molar-refractivity contribution in [3.8, 4) is 0 Å². The number of carbonyl (C=O) groups excluding carboxylic acids is 3. The highest BCUT2D eigenvalue weighted by atomic mass is 16.3. The van der Waals surface area contributed by atoms with E-state index in [1.807, 2.05) is 0 Å². The first-order valence-electron chi connectivity index (χ1n) is 5.77. The molecular formula is C14H13NO4. The van der Waals surface area contributed by atoms with Crippen LogP contribution in [0.1, 0.15) is 31.3 Å². The molecule has 0 aliphatic heterocycles. The van der Waals surface area contributed by atoms with Crippen molar-refractivity contribution in [2.75, 3.05) is 4.90 Å². The average molecular weight is 259 g/mol. The van der Waals surface area contributed by atoms with Crippen LogP contribution in [0.2, 0.25) is 0 Å². The zero-order valence-corrected chi connectivity index (χ0v) is 10.9. The number of ketones is 1. The van der Waals surface area contributed by atoms with Crippen LogP contribution in [0.5, 0.6) is 0 Å². The van der Waals surface area contributed by atoms with Crippen LogP contribution in [-0.2, 0) is 9.59 Å². The molecule has 2 amide bonds. The van der Waals surface area contributed by atoms with E-state index in [4.69, 9.17) is 4.42 Å². The molecule has 0 radical (unpaired) electrons. The fraction of sp³-hybridized carbons (Fsp3) is 0.214. The molecule has 1 aromatic heterocycles. The van der Waals surface area contributed by atoms with Crippen LogP contribution in [-0.4, -0.2) is 17.6 Å². The fourth-order valence-corrected chi connectivity index (χ4v) is 2.03. The van der Waals surface area contributed by atoms with Gasteiger partial charge < -0.3 is 4.42 Å². The Bertz CT molecular complexity index is 670. The normalized spacial score (nSPS) is 10.5. The summed E-state index contributed by atoms with van der Waals surface area (Å²) in [5.41, 5.74) is 0.693. The molecule has 0 saturated carbocycles. The van der Waals surface area contributed by atoms with Crippen LogP contribution in [0.4, 0.5) is 5.69 Å². The lowest BCUT2D eigenvalue weighted by Gasteiger charge is -2.16. The number of benzene rings is 1. The van der Waals surface area contributed by atoms with Crippen LogP contribution < -0.4 is 4.90 Å². The first kappa shape index (κ1) is 13.0. The summed E-state index contributed by atoms with van der Waals surface area (Å²) in [5.74, 6) is -1.23. The van der Waals surface area contributed by atoms with E-state index < -0.39 is 11.8 Å². The summed E-state index contributed by atoms with van der Waals surface area (Å²) < 4.78 is 5.45. The smallest absolute Gasteiger partial charge is 0.230 e. The summed E-state index contributed by atoms with van der Waals surface area (Å²) in [5, 5.41) is 0.568. The number of hydrogen-bond acceptors (Lipinski definition) is 4. The van der Waals surface area contributed by atoms with Gasteiger partial charge >= 0.3 is 0 Å². The van der Waals surface area contributed by atoms with Crippen LogP contribution in [0, 0.1) is 0 Å².